The molecular weight excluding hydrogens is 483 g/mol. The smallest absolute Gasteiger partial charge is 0.550 e. The number of hydrogen-bond donors (Lipinski definition) is 0. The number of hydrogen-bond acceptors (Lipinski definition) is 4. The Kier molecular flexibility index (Phi) is 8.35. The van der Waals surface area contributed by atoms with Gasteiger partial charge < -0.3 is 14.6 Å². The first-order valence-corrected chi connectivity index (χ1v) is 11.6. The molecule has 0 aliphatic heterocycles. The normalized spacial score (nSPS) is 15.1. The number of carboxylic acids is 1. The van der Waals surface area contributed by atoms with Gasteiger partial charge in [-0.15, -0.1) is 0 Å². The van der Waals surface area contributed by atoms with E-state index in [9.17, 15) is 18.7 Å². The van der Waals surface area contributed by atoms with Crippen LogP contribution in [0.1, 0.15) is 46.5 Å². The van der Waals surface area contributed by atoms with Crippen molar-refractivity contribution in [2.24, 2.45) is 5.92 Å². The molecule has 0 saturated carbocycles. The Hall–Kier alpha value is -3.16. The SMILES string of the molecule is C[C@H](COC1c2ccccc2C=Cc2ccc(C=Cc3ccc4cc(F)c(F)cc4n3)cc21)C(=O)[O-].[Na+]. The monoisotopic (exact) mass is 505 g/mol. The fourth-order valence-corrected chi connectivity index (χ4v) is 4.22. The zero-order valence-electron chi connectivity index (χ0n) is 20.4. The Morgan fingerprint density at radius 2 is 1.70 bits per heavy atom. The summed E-state index contributed by atoms with van der Waals surface area (Å²) in [5.41, 5.74) is 5.68. The first kappa shape index (κ1) is 26.9. The summed E-state index contributed by atoms with van der Waals surface area (Å²) in [6.45, 7) is 1.58. The van der Waals surface area contributed by atoms with E-state index in [0.717, 1.165) is 39.9 Å². The number of benzene rings is 3. The van der Waals surface area contributed by atoms with E-state index >= 15 is 0 Å². The van der Waals surface area contributed by atoms with Crippen LogP contribution in [0.2, 0.25) is 0 Å². The molecule has 3 aromatic carbocycles. The third-order valence-electron chi connectivity index (χ3n) is 6.23. The van der Waals surface area contributed by atoms with Crippen LogP contribution in [0.3, 0.4) is 0 Å². The van der Waals surface area contributed by atoms with E-state index in [1.165, 1.54) is 0 Å². The summed E-state index contributed by atoms with van der Waals surface area (Å²) in [5.74, 6) is -3.75. The van der Waals surface area contributed by atoms with Crippen molar-refractivity contribution in [3.63, 3.8) is 0 Å². The minimum absolute atomic E-state index is 0. The number of aromatic nitrogens is 1. The molecule has 1 unspecified atom stereocenters. The van der Waals surface area contributed by atoms with Gasteiger partial charge in [0.25, 0.3) is 0 Å². The Bertz CT molecular complexity index is 1530. The molecule has 0 bridgehead atoms. The van der Waals surface area contributed by atoms with Crippen LogP contribution < -0.4 is 34.7 Å². The van der Waals surface area contributed by atoms with E-state index in [4.69, 9.17) is 4.74 Å². The third kappa shape index (κ3) is 5.89. The van der Waals surface area contributed by atoms with Crippen molar-refractivity contribution < 1.29 is 53.0 Å². The number of carbonyl (C=O) groups is 1. The first-order valence-electron chi connectivity index (χ1n) is 11.6. The van der Waals surface area contributed by atoms with Gasteiger partial charge in [0, 0.05) is 23.3 Å². The Morgan fingerprint density at radius 1 is 0.973 bits per heavy atom. The first-order chi connectivity index (χ1) is 17.4. The van der Waals surface area contributed by atoms with E-state index in [-0.39, 0.29) is 36.2 Å². The van der Waals surface area contributed by atoms with E-state index in [0.29, 0.717) is 16.6 Å². The van der Waals surface area contributed by atoms with Crippen LogP contribution >= 0.6 is 0 Å². The number of nitrogens with zero attached hydrogens (tertiary/aromatic N) is 1. The van der Waals surface area contributed by atoms with Gasteiger partial charge in [-0.05, 0) is 52.1 Å². The van der Waals surface area contributed by atoms with Crippen molar-refractivity contribution in [2.75, 3.05) is 6.61 Å². The summed E-state index contributed by atoms with van der Waals surface area (Å²) < 4.78 is 33.3. The van der Waals surface area contributed by atoms with E-state index in [2.05, 4.69) is 4.98 Å². The Morgan fingerprint density at radius 3 is 2.49 bits per heavy atom. The predicted molar refractivity (Wildman–Crippen MR) is 134 cm³/mol. The standard InChI is InChI=1S/C30H23F2NO3.Na/c1-18(30(34)35)17-36-29-24-5-3-2-4-20(24)9-10-21-8-6-19(14-25(21)29)7-12-23-13-11-22-15-26(31)27(32)16-28(22)33-23;/h2-16,18,29H,17H2,1H3,(H,34,35);/q;+1/p-1/t18-,29?;/m1./s1. The molecule has 1 aliphatic rings. The molecule has 1 aromatic heterocycles. The van der Waals surface area contributed by atoms with Gasteiger partial charge in [0.2, 0.25) is 0 Å². The van der Waals surface area contributed by atoms with Gasteiger partial charge in [-0.1, -0.05) is 67.6 Å². The number of carboxylic acid groups (broad SMARTS) is 1. The molecule has 2 atom stereocenters. The average Bonchev–Trinajstić information content (AvgIpc) is 3.03. The summed E-state index contributed by atoms with van der Waals surface area (Å²) in [4.78, 5) is 15.7. The second-order valence-corrected chi connectivity index (χ2v) is 8.81. The summed E-state index contributed by atoms with van der Waals surface area (Å²) in [7, 11) is 0. The van der Waals surface area contributed by atoms with Crippen molar-refractivity contribution in [3.8, 4) is 0 Å². The second kappa shape index (κ2) is 11.5. The molecule has 0 N–H and O–H groups in total. The Labute approximate surface area is 235 Å². The van der Waals surface area contributed by atoms with Crippen LogP contribution in [0.4, 0.5) is 8.78 Å². The summed E-state index contributed by atoms with van der Waals surface area (Å²) >= 11 is 0. The number of rotatable bonds is 6. The molecular formula is C30H22F2NNaO3. The summed E-state index contributed by atoms with van der Waals surface area (Å²) in [6.07, 6.45) is 7.27. The maximum absolute atomic E-state index is 13.6. The van der Waals surface area contributed by atoms with Gasteiger partial charge in [0.05, 0.1) is 17.8 Å². The molecule has 1 heterocycles. The van der Waals surface area contributed by atoms with Crippen LogP contribution in [0.25, 0.3) is 35.2 Å². The molecule has 1 aliphatic carbocycles. The number of halogens is 2. The number of ether oxygens (including phenoxy) is 1. The molecule has 5 rings (SSSR count). The molecule has 4 aromatic rings. The quantitative estimate of drug-likeness (QED) is 0.378. The number of carbonyl (C=O) groups excluding carboxylic acids is 1. The average molecular weight is 505 g/mol. The fraction of sp³-hybridized carbons (Fsp3) is 0.133. The van der Waals surface area contributed by atoms with E-state index in [1.807, 2.05) is 60.7 Å². The Balaban J connectivity index is 0.00000320. The minimum Gasteiger partial charge on any atom is -0.550 e. The topological polar surface area (TPSA) is 62.2 Å². The largest absolute Gasteiger partial charge is 1.00 e. The zero-order chi connectivity index (χ0) is 25.2. The molecule has 37 heavy (non-hydrogen) atoms. The van der Waals surface area contributed by atoms with Gasteiger partial charge >= 0.3 is 29.6 Å². The molecule has 180 valence electrons. The second-order valence-electron chi connectivity index (χ2n) is 8.81. The number of pyridine rings is 1. The van der Waals surface area contributed by atoms with Crippen molar-refractivity contribution in [1.82, 2.24) is 4.98 Å². The van der Waals surface area contributed by atoms with E-state index < -0.39 is 29.6 Å². The van der Waals surface area contributed by atoms with Crippen LogP contribution in [-0.2, 0) is 9.53 Å². The maximum atomic E-state index is 13.6. The van der Waals surface area contributed by atoms with Gasteiger partial charge in [0.1, 0.15) is 6.10 Å². The molecule has 0 fully saturated rings. The fourth-order valence-electron chi connectivity index (χ4n) is 4.22. The van der Waals surface area contributed by atoms with Crippen LogP contribution in [-0.4, -0.2) is 17.6 Å². The molecule has 0 radical (unpaired) electrons. The minimum atomic E-state index is -1.16. The van der Waals surface area contributed by atoms with Gasteiger partial charge in [-0.3, -0.25) is 0 Å². The molecule has 0 saturated heterocycles. The van der Waals surface area contributed by atoms with Crippen LogP contribution in [0, 0.1) is 17.6 Å². The van der Waals surface area contributed by atoms with Crippen molar-refractivity contribution >= 4 is 41.2 Å². The number of aliphatic carboxylic acids is 1. The third-order valence-corrected chi connectivity index (χ3v) is 6.23. The van der Waals surface area contributed by atoms with Crippen molar-refractivity contribution in [1.29, 1.82) is 0 Å². The molecule has 7 heteroatoms. The van der Waals surface area contributed by atoms with Crippen LogP contribution in [0.15, 0.2) is 66.7 Å². The van der Waals surface area contributed by atoms with Crippen molar-refractivity contribution in [3.05, 3.63) is 112 Å². The van der Waals surface area contributed by atoms with Gasteiger partial charge in [-0.25, -0.2) is 13.8 Å². The summed E-state index contributed by atoms with van der Waals surface area (Å²) in [5, 5.41) is 11.8. The maximum Gasteiger partial charge on any atom is 1.00 e. The van der Waals surface area contributed by atoms with Crippen LogP contribution in [0.5, 0.6) is 0 Å². The molecule has 4 nitrogen and oxygen atoms in total. The van der Waals surface area contributed by atoms with Gasteiger partial charge in [0.15, 0.2) is 11.6 Å². The molecule has 0 spiro atoms. The molecule has 0 amide bonds. The zero-order valence-corrected chi connectivity index (χ0v) is 22.4. The predicted octanol–water partition coefficient (Wildman–Crippen LogP) is 2.66. The van der Waals surface area contributed by atoms with E-state index in [1.54, 1.807) is 25.1 Å². The van der Waals surface area contributed by atoms with Gasteiger partial charge in [-0.2, -0.15) is 0 Å². The number of fused-ring (bicyclic) bond motifs is 3. The summed E-state index contributed by atoms with van der Waals surface area (Å²) in [6, 6.07) is 19.5. The van der Waals surface area contributed by atoms with Crippen molar-refractivity contribution in [2.45, 2.75) is 13.0 Å².